The van der Waals surface area contributed by atoms with Crippen molar-refractivity contribution in [1.82, 2.24) is 25.2 Å². The molecule has 50 heavy (non-hydrogen) atoms. The summed E-state index contributed by atoms with van der Waals surface area (Å²) in [6.45, 7) is 2.44. The van der Waals surface area contributed by atoms with Crippen LogP contribution in [0.15, 0.2) is 71.4 Å². The van der Waals surface area contributed by atoms with Gasteiger partial charge in [-0.15, -0.1) is 27.8 Å². The summed E-state index contributed by atoms with van der Waals surface area (Å²) >= 11 is 2.84. The molecule has 14 heteroatoms. The molecule has 0 unspecified atom stereocenters. The van der Waals surface area contributed by atoms with Crippen LogP contribution in [-0.4, -0.2) is 79.9 Å². The number of thiophene rings is 2. The highest BCUT2D eigenvalue weighted by molar-refractivity contribution is 7.12. The second-order valence-electron chi connectivity index (χ2n) is 12.6. The molecular weight excluding hydrogens is 677 g/mol. The Morgan fingerprint density at radius 2 is 1.84 bits per heavy atom. The van der Waals surface area contributed by atoms with Gasteiger partial charge in [0.1, 0.15) is 11.3 Å². The number of nitrogens with one attached hydrogen (secondary N) is 2. The van der Waals surface area contributed by atoms with Crippen molar-refractivity contribution in [3.8, 4) is 5.75 Å². The van der Waals surface area contributed by atoms with Crippen LogP contribution in [0.25, 0.3) is 11.0 Å². The Balaban J connectivity index is 0.961. The third kappa shape index (κ3) is 7.90. The predicted octanol–water partition coefficient (Wildman–Crippen LogP) is 5.33. The van der Waals surface area contributed by atoms with Crippen molar-refractivity contribution in [3.05, 3.63) is 92.3 Å². The van der Waals surface area contributed by atoms with Crippen LogP contribution in [0.4, 0.5) is 5.69 Å². The smallest absolute Gasteiger partial charge is 0.347 e. The van der Waals surface area contributed by atoms with Crippen molar-refractivity contribution in [2.45, 2.75) is 69.0 Å². The number of aliphatic hydroxyl groups excluding tert-OH is 1. The SMILES string of the molecule is CN(CCCn1nnc2cc(CNC[C@H](O)c3ccc(O)c(NC=O)c3)ccc21)C1CCC(OC(C(=O)O)(c2cccs2)c2cccs2)CC1. The minimum absolute atomic E-state index is 0.0646. The molecule has 6 rings (SSSR count). The molecule has 0 spiro atoms. The van der Waals surface area contributed by atoms with Crippen LogP contribution in [0, 0.1) is 0 Å². The molecule has 5 aromatic rings. The van der Waals surface area contributed by atoms with Crippen LogP contribution in [-0.2, 0) is 33.0 Å². The molecule has 0 radical (unpaired) electrons. The summed E-state index contributed by atoms with van der Waals surface area (Å²) < 4.78 is 8.49. The number of aromatic hydroxyl groups is 1. The Hall–Kier alpha value is -4.18. The maximum Gasteiger partial charge on any atom is 0.347 e. The van der Waals surface area contributed by atoms with E-state index < -0.39 is 17.7 Å². The summed E-state index contributed by atoms with van der Waals surface area (Å²) in [5.41, 5.74) is 2.13. The topological polar surface area (TPSA) is 162 Å². The molecule has 1 fully saturated rings. The monoisotopic (exact) mass is 718 g/mol. The number of carbonyl (C=O) groups excluding carboxylic acids is 1. The van der Waals surface area contributed by atoms with Gasteiger partial charge in [0.15, 0.2) is 0 Å². The summed E-state index contributed by atoms with van der Waals surface area (Å²) in [6, 6.07) is 18.5. The molecular formula is C36H42N6O6S2. The maximum atomic E-state index is 12.8. The van der Waals surface area contributed by atoms with Gasteiger partial charge in [-0.05, 0) is 104 Å². The lowest BCUT2D eigenvalue weighted by Gasteiger charge is -2.38. The number of anilines is 1. The Bertz CT molecular complexity index is 1820. The number of hydrogen-bond acceptors (Lipinski definition) is 11. The zero-order valence-electron chi connectivity index (χ0n) is 27.8. The molecule has 3 aromatic heterocycles. The number of phenols is 1. The Morgan fingerprint density at radius 3 is 2.50 bits per heavy atom. The highest BCUT2D eigenvalue weighted by Gasteiger charge is 2.48. The van der Waals surface area contributed by atoms with Gasteiger partial charge in [0.05, 0.1) is 33.2 Å². The molecule has 1 aliphatic rings. The van der Waals surface area contributed by atoms with E-state index in [1.165, 1.54) is 28.7 Å². The first-order valence-electron chi connectivity index (χ1n) is 16.7. The molecule has 0 saturated heterocycles. The number of rotatable bonds is 17. The first kappa shape index (κ1) is 35.6. The molecule has 1 atom stereocenters. The molecule has 0 bridgehead atoms. The maximum absolute atomic E-state index is 12.8. The van der Waals surface area contributed by atoms with E-state index in [9.17, 15) is 24.9 Å². The summed E-state index contributed by atoms with van der Waals surface area (Å²) in [5.74, 6) is -1.03. The predicted molar refractivity (Wildman–Crippen MR) is 193 cm³/mol. The van der Waals surface area contributed by atoms with Crippen LogP contribution in [0.2, 0.25) is 0 Å². The fraction of sp³-hybridized carbons (Fsp3) is 0.389. The third-order valence-electron chi connectivity index (χ3n) is 9.39. The number of benzene rings is 2. The van der Waals surface area contributed by atoms with E-state index in [0.29, 0.717) is 34.3 Å². The van der Waals surface area contributed by atoms with Crippen molar-refractivity contribution >= 4 is 51.8 Å². The molecule has 1 aliphatic carbocycles. The third-order valence-corrected chi connectivity index (χ3v) is 11.3. The number of fused-ring (bicyclic) bond motifs is 1. The van der Waals surface area contributed by atoms with E-state index >= 15 is 0 Å². The number of carbonyl (C=O) groups is 2. The Labute approximate surface area is 298 Å². The number of aryl methyl sites for hydroxylation is 1. The lowest BCUT2D eigenvalue weighted by atomic mass is 9.90. The molecule has 2 aromatic carbocycles. The average Bonchev–Trinajstić information content (AvgIpc) is 3.92. The van der Waals surface area contributed by atoms with Crippen molar-refractivity contribution < 1.29 is 29.6 Å². The largest absolute Gasteiger partial charge is 0.506 e. The number of nitrogens with zero attached hydrogens (tertiary/aromatic N) is 4. The lowest BCUT2D eigenvalue weighted by molar-refractivity contribution is -0.170. The Morgan fingerprint density at radius 1 is 1.10 bits per heavy atom. The molecule has 1 saturated carbocycles. The van der Waals surface area contributed by atoms with Gasteiger partial charge in [0.2, 0.25) is 12.0 Å². The molecule has 3 heterocycles. The normalized spacial score (nSPS) is 17.3. The number of aromatic nitrogens is 3. The van der Waals surface area contributed by atoms with Gasteiger partial charge in [-0.3, -0.25) is 4.79 Å². The van der Waals surface area contributed by atoms with Gasteiger partial charge >= 0.3 is 5.97 Å². The first-order valence-corrected chi connectivity index (χ1v) is 18.5. The zero-order chi connectivity index (χ0) is 35.1. The lowest BCUT2D eigenvalue weighted by Crippen LogP contribution is -2.44. The van der Waals surface area contributed by atoms with E-state index in [4.69, 9.17) is 4.74 Å². The van der Waals surface area contributed by atoms with Crippen molar-refractivity contribution in [1.29, 1.82) is 0 Å². The van der Waals surface area contributed by atoms with Crippen LogP contribution >= 0.6 is 22.7 Å². The molecule has 264 valence electrons. The molecule has 0 aliphatic heterocycles. The van der Waals surface area contributed by atoms with Crippen molar-refractivity contribution in [2.75, 3.05) is 25.5 Å². The van der Waals surface area contributed by atoms with E-state index in [1.54, 1.807) is 12.1 Å². The fourth-order valence-electron chi connectivity index (χ4n) is 6.67. The van der Waals surface area contributed by atoms with E-state index in [2.05, 4.69) is 32.9 Å². The van der Waals surface area contributed by atoms with Gasteiger partial charge in [-0.1, -0.05) is 29.5 Å². The summed E-state index contributed by atoms with van der Waals surface area (Å²) in [7, 11) is 2.16. The zero-order valence-corrected chi connectivity index (χ0v) is 29.4. The standard InChI is InChI=1S/C36H42N6O6S2/c1-41(26-9-11-27(12-10-26)48-36(35(46)47,33-5-2-17-49-33)34-6-3-18-50-34)15-4-16-42-30-13-7-24(19-28(30)39-40-42)21-37-22-32(45)25-8-14-31(44)29(20-25)38-23-43/h2-3,5-8,13-14,17-20,23,26-27,32,37,44-45H,4,9-12,15-16,21-22H2,1H3,(H,38,43)(H,46,47)/t26?,27?,32-/m0/s1. The highest BCUT2D eigenvalue weighted by Crippen LogP contribution is 2.42. The minimum Gasteiger partial charge on any atom is -0.506 e. The number of amides is 1. The van der Waals surface area contributed by atoms with E-state index in [1.807, 2.05) is 57.9 Å². The fourth-order valence-corrected chi connectivity index (χ4v) is 8.48. The van der Waals surface area contributed by atoms with Gasteiger partial charge in [0, 0.05) is 25.7 Å². The van der Waals surface area contributed by atoms with Crippen LogP contribution in [0.5, 0.6) is 5.75 Å². The minimum atomic E-state index is -1.47. The van der Waals surface area contributed by atoms with Crippen LogP contribution in [0.1, 0.15) is 59.1 Å². The number of ether oxygens (including phenoxy) is 1. The van der Waals surface area contributed by atoms with Gasteiger partial charge < -0.3 is 35.6 Å². The average molecular weight is 719 g/mol. The number of carboxylic acids is 1. The molecule has 1 amide bonds. The number of hydrogen-bond donors (Lipinski definition) is 5. The molecule has 12 nitrogen and oxygen atoms in total. The number of aliphatic hydroxyl groups is 1. The van der Waals surface area contributed by atoms with E-state index in [-0.39, 0.29) is 24.1 Å². The van der Waals surface area contributed by atoms with Crippen LogP contribution in [0.3, 0.4) is 0 Å². The van der Waals surface area contributed by atoms with Crippen LogP contribution < -0.4 is 10.6 Å². The number of carboxylic acid groups (broad SMARTS) is 1. The second kappa shape index (κ2) is 16.2. The number of phenolic OH excluding ortho intramolecular Hbond substituents is 1. The van der Waals surface area contributed by atoms with Gasteiger partial charge in [-0.25, -0.2) is 9.48 Å². The first-order chi connectivity index (χ1) is 24.3. The highest BCUT2D eigenvalue weighted by atomic mass is 32.1. The molecule has 5 N–H and O–H groups in total. The van der Waals surface area contributed by atoms with E-state index in [0.717, 1.165) is 61.8 Å². The quantitative estimate of drug-likeness (QED) is 0.0628. The number of aliphatic carboxylic acids is 1. The van der Waals surface area contributed by atoms with Gasteiger partial charge in [-0.2, -0.15) is 0 Å². The summed E-state index contributed by atoms with van der Waals surface area (Å²) in [6.07, 6.45) is 3.94. The summed E-state index contributed by atoms with van der Waals surface area (Å²) in [4.78, 5) is 27.3. The summed E-state index contributed by atoms with van der Waals surface area (Å²) in [5, 5.41) is 49.1. The van der Waals surface area contributed by atoms with Crippen molar-refractivity contribution in [3.63, 3.8) is 0 Å². The Kier molecular flexibility index (Phi) is 11.6. The second-order valence-corrected chi connectivity index (χ2v) is 14.5. The van der Waals surface area contributed by atoms with Crippen molar-refractivity contribution in [2.24, 2.45) is 0 Å². The van der Waals surface area contributed by atoms with Gasteiger partial charge in [0.25, 0.3) is 0 Å².